The molecule has 0 saturated carbocycles. The monoisotopic (exact) mass is 217 g/mol. The molecule has 0 fully saturated rings. The number of para-hydroxylation sites is 1. The van der Waals surface area contributed by atoms with E-state index in [0.717, 1.165) is 0 Å². The van der Waals surface area contributed by atoms with Gasteiger partial charge in [0.05, 0.1) is 11.2 Å². The summed E-state index contributed by atoms with van der Waals surface area (Å²) in [6.45, 7) is 0. The van der Waals surface area contributed by atoms with Crippen molar-refractivity contribution in [1.82, 2.24) is 0 Å². The summed E-state index contributed by atoms with van der Waals surface area (Å²) in [4.78, 5) is 22.0. The van der Waals surface area contributed by atoms with Crippen LogP contribution in [-0.2, 0) is 0 Å². The first-order valence-corrected chi connectivity index (χ1v) is 4.52. The minimum atomic E-state index is -0.587. The number of benzene rings is 1. The second-order valence-corrected chi connectivity index (χ2v) is 3.08. The normalized spacial score (nSPS) is 10.0. The molecular weight excluding hydrogens is 210 g/mol. The van der Waals surface area contributed by atoms with E-state index in [1.165, 1.54) is 30.5 Å². The van der Waals surface area contributed by atoms with E-state index in [1.807, 2.05) is 0 Å². The van der Waals surface area contributed by atoms with Crippen LogP contribution in [0.25, 0.3) is 0 Å². The van der Waals surface area contributed by atoms with Crippen LogP contribution in [0.1, 0.15) is 16.1 Å². The fourth-order valence-electron chi connectivity index (χ4n) is 1.37. The minimum absolute atomic E-state index is 0.0300. The smallest absolute Gasteiger partial charge is 0.280 e. The highest BCUT2D eigenvalue weighted by atomic mass is 16.6. The van der Waals surface area contributed by atoms with E-state index in [2.05, 4.69) is 0 Å². The zero-order valence-electron chi connectivity index (χ0n) is 8.12. The van der Waals surface area contributed by atoms with Gasteiger partial charge >= 0.3 is 0 Å². The van der Waals surface area contributed by atoms with Gasteiger partial charge in [0.15, 0.2) is 5.76 Å². The van der Waals surface area contributed by atoms with Gasteiger partial charge < -0.3 is 4.42 Å². The van der Waals surface area contributed by atoms with Crippen molar-refractivity contribution in [3.63, 3.8) is 0 Å². The van der Waals surface area contributed by atoms with Crippen molar-refractivity contribution >= 4 is 11.5 Å². The Labute approximate surface area is 90.5 Å². The molecule has 16 heavy (non-hydrogen) atoms. The Hall–Kier alpha value is -2.43. The van der Waals surface area contributed by atoms with Gasteiger partial charge in [-0.3, -0.25) is 14.9 Å². The predicted octanol–water partition coefficient (Wildman–Crippen LogP) is 2.42. The number of hydrogen-bond acceptors (Lipinski definition) is 4. The van der Waals surface area contributed by atoms with Crippen LogP contribution >= 0.6 is 0 Å². The molecule has 5 nitrogen and oxygen atoms in total. The van der Waals surface area contributed by atoms with Crippen LogP contribution in [0.15, 0.2) is 47.1 Å². The van der Waals surface area contributed by atoms with Gasteiger partial charge in [0.25, 0.3) is 5.69 Å². The van der Waals surface area contributed by atoms with Crippen molar-refractivity contribution in [2.75, 3.05) is 0 Å². The molecule has 1 heterocycles. The fraction of sp³-hybridized carbons (Fsp3) is 0. The van der Waals surface area contributed by atoms with Crippen molar-refractivity contribution in [2.45, 2.75) is 0 Å². The van der Waals surface area contributed by atoms with E-state index in [9.17, 15) is 14.9 Å². The third kappa shape index (κ3) is 1.70. The maximum absolute atomic E-state index is 11.8. The van der Waals surface area contributed by atoms with Crippen LogP contribution in [0.4, 0.5) is 5.69 Å². The first kappa shape index (κ1) is 10.1. The van der Waals surface area contributed by atoms with Gasteiger partial charge in [-0.25, -0.2) is 0 Å². The number of carbonyl (C=O) groups is 1. The molecule has 0 atom stereocenters. The largest absolute Gasteiger partial charge is 0.461 e. The highest BCUT2D eigenvalue weighted by Gasteiger charge is 2.21. The van der Waals surface area contributed by atoms with Gasteiger partial charge in [-0.2, -0.15) is 0 Å². The van der Waals surface area contributed by atoms with Crippen molar-refractivity contribution < 1.29 is 14.1 Å². The van der Waals surface area contributed by atoms with E-state index < -0.39 is 10.7 Å². The third-order valence-corrected chi connectivity index (χ3v) is 2.09. The lowest BCUT2D eigenvalue weighted by molar-refractivity contribution is -0.385. The fourth-order valence-corrected chi connectivity index (χ4v) is 1.37. The van der Waals surface area contributed by atoms with Gasteiger partial charge in [-0.15, -0.1) is 0 Å². The minimum Gasteiger partial charge on any atom is -0.461 e. The predicted molar refractivity (Wildman–Crippen MR) is 55.2 cm³/mol. The molecule has 80 valence electrons. The molecule has 0 amide bonds. The van der Waals surface area contributed by atoms with E-state index >= 15 is 0 Å². The lowest BCUT2D eigenvalue weighted by Crippen LogP contribution is -2.04. The van der Waals surface area contributed by atoms with Crippen LogP contribution in [-0.4, -0.2) is 10.7 Å². The van der Waals surface area contributed by atoms with Gasteiger partial charge in [0.1, 0.15) is 5.56 Å². The standard InChI is InChI=1S/C11H7NO4/c13-11(10-6-3-7-16-10)8-4-1-2-5-9(8)12(14)15/h1-7H. The molecule has 5 heteroatoms. The molecule has 0 aliphatic carbocycles. The van der Waals surface area contributed by atoms with Gasteiger partial charge in [-0.1, -0.05) is 12.1 Å². The number of rotatable bonds is 3. The number of hydrogen-bond donors (Lipinski definition) is 0. The highest BCUT2D eigenvalue weighted by molar-refractivity contribution is 6.09. The van der Waals surface area contributed by atoms with Crippen LogP contribution in [0.5, 0.6) is 0 Å². The summed E-state index contributed by atoms with van der Waals surface area (Å²) in [7, 11) is 0. The zero-order chi connectivity index (χ0) is 11.5. The number of carbonyl (C=O) groups excluding carboxylic acids is 1. The molecule has 1 aromatic heterocycles. The van der Waals surface area contributed by atoms with Gasteiger partial charge in [-0.05, 0) is 18.2 Å². The van der Waals surface area contributed by atoms with Gasteiger partial charge in [0, 0.05) is 6.07 Å². The second-order valence-electron chi connectivity index (χ2n) is 3.08. The molecule has 0 unspecified atom stereocenters. The molecule has 0 spiro atoms. The summed E-state index contributed by atoms with van der Waals surface area (Å²) < 4.78 is 4.91. The van der Waals surface area contributed by atoms with Crippen molar-refractivity contribution in [3.8, 4) is 0 Å². The maximum Gasteiger partial charge on any atom is 0.280 e. The Balaban J connectivity index is 2.49. The van der Waals surface area contributed by atoms with E-state index in [4.69, 9.17) is 4.42 Å². The third-order valence-electron chi connectivity index (χ3n) is 2.09. The molecular formula is C11H7NO4. The topological polar surface area (TPSA) is 73.3 Å². The summed E-state index contributed by atoms with van der Waals surface area (Å²) in [6, 6.07) is 8.81. The Morgan fingerprint density at radius 1 is 1.19 bits per heavy atom. The zero-order valence-corrected chi connectivity index (χ0v) is 8.12. The first-order valence-electron chi connectivity index (χ1n) is 4.52. The SMILES string of the molecule is O=C(c1ccco1)c1ccccc1[N+](=O)[O-]. The first-order chi connectivity index (χ1) is 7.70. The molecule has 2 aromatic rings. The van der Waals surface area contributed by atoms with Crippen LogP contribution in [0.2, 0.25) is 0 Å². The summed E-state index contributed by atoms with van der Waals surface area (Å²) in [5.74, 6) is -0.397. The molecule has 0 aliphatic rings. The van der Waals surface area contributed by atoms with Crippen LogP contribution in [0.3, 0.4) is 0 Å². The highest BCUT2D eigenvalue weighted by Crippen LogP contribution is 2.21. The molecule has 2 rings (SSSR count). The summed E-state index contributed by atoms with van der Waals surface area (Å²) in [5.41, 5.74) is -0.189. The Kier molecular flexibility index (Phi) is 2.51. The number of ketones is 1. The lowest BCUT2D eigenvalue weighted by atomic mass is 10.1. The van der Waals surface area contributed by atoms with Crippen LogP contribution in [0, 0.1) is 10.1 Å². The van der Waals surface area contributed by atoms with E-state index in [0.29, 0.717) is 0 Å². The summed E-state index contributed by atoms with van der Waals surface area (Å²) >= 11 is 0. The summed E-state index contributed by atoms with van der Waals surface area (Å²) in [6.07, 6.45) is 1.35. The number of nitro groups is 1. The van der Waals surface area contributed by atoms with Gasteiger partial charge in [0.2, 0.25) is 5.78 Å². The van der Waals surface area contributed by atoms with Crippen molar-refractivity contribution in [2.24, 2.45) is 0 Å². The van der Waals surface area contributed by atoms with Crippen molar-refractivity contribution in [1.29, 1.82) is 0 Å². The number of furan rings is 1. The molecule has 0 aliphatic heterocycles. The average Bonchev–Trinajstić information content (AvgIpc) is 2.81. The average molecular weight is 217 g/mol. The Bertz CT molecular complexity index is 531. The van der Waals surface area contributed by atoms with E-state index in [-0.39, 0.29) is 17.0 Å². The van der Waals surface area contributed by atoms with E-state index in [1.54, 1.807) is 12.1 Å². The Morgan fingerprint density at radius 2 is 1.94 bits per heavy atom. The van der Waals surface area contributed by atoms with Crippen LogP contribution < -0.4 is 0 Å². The maximum atomic E-state index is 11.8. The quantitative estimate of drug-likeness (QED) is 0.449. The number of nitro benzene ring substituents is 1. The molecule has 0 bridgehead atoms. The van der Waals surface area contributed by atoms with Crippen molar-refractivity contribution in [3.05, 3.63) is 64.1 Å². The number of nitrogens with zero attached hydrogens (tertiary/aromatic N) is 1. The molecule has 0 radical (unpaired) electrons. The summed E-state index contributed by atoms with van der Waals surface area (Å²) in [5, 5.41) is 10.7. The molecule has 0 saturated heterocycles. The molecule has 0 N–H and O–H groups in total. The Morgan fingerprint density at radius 3 is 2.56 bits per heavy atom. The molecule has 1 aromatic carbocycles. The second kappa shape index (κ2) is 3.98. The lowest BCUT2D eigenvalue weighted by Gasteiger charge is -1.98.